The van der Waals surface area contributed by atoms with Crippen LogP contribution in [0, 0.1) is 11.7 Å². The first kappa shape index (κ1) is 17.6. The standard InChI is InChI=1S/C14H20FN3O4S/c15-12-1-3-13(4-2-12)22-10-7-17-14(19)11-5-8-18(9-6-11)23(16,20)21/h1-4,11H,5-10H2,(H,17,19)(H2,16,20,21). The molecule has 1 aliphatic heterocycles. The summed E-state index contributed by atoms with van der Waals surface area (Å²) in [6.07, 6.45) is 0.891. The van der Waals surface area contributed by atoms with E-state index in [0.717, 1.165) is 0 Å². The summed E-state index contributed by atoms with van der Waals surface area (Å²) in [5.74, 6) is -0.154. The largest absolute Gasteiger partial charge is 0.492 e. The molecular formula is C14H20FN3O4S. The Hall–Kier alpha value is -1.71. The van der Waals surface area contributed by atoms with E-state index in [1.54, 1.807) is 0 Å². The molecule has 1 aromatic carbocycles. The van der Waals surface area contributed by atoms with Gasteiger partial charge in [0.25, 0.3) is 10.2 Å². The van der Waals surface area contributed by atoms with Crippen LogP contribution in [0.1, 0.15) is 12.8 Å². The van der Waals surface area contributed by atoms with Gasteiger partial charge in [0, 0.05) is 19.0 Å². The number of ether oxygens (including phenoxy) is 1. The fourth-order valence-corrected chi connectivity index (χ4v) is 3.11. The van der Waals surface area contributed by atoms with Gasteiger partial charge < -0.3 is 10.1 Å². The van der Waals surface area contributed by atoms with Gasteiger partial charge in [0.2, 0.25) is 5.91 Å². The molecule has 1 aliphatic rings. The molecule has 0 unspecified atom stereocenters. The van der Waals surface area contributed by atoms with E-state index in [9.17, 15) is 17.6 Å². The van der Waals surface area contributed by atoms with Gasteiger partial charge in [-0.15, -0.1) is 0 Å². The first-order valence-corrected chi connectivity index (χ1v) is 8.80. The first-order chi connectivity index (χ1) is 10.9. The highest BCUT2D eigenvalue weighted by Crippen LogP contribution is 2.18. The summed E-state index contributed by atoms with van der Waals surface area (Å²) < 4.78 is 41.7. The van der Waals surface area contributed by atoms with Gasteiger partial charge >= 0.3 is 0 Å². The van der Waals surface area contributed by atoms with Crippen LogP contribution in [0.25, 0.3) is 0 Å². The molecule has 1 fully saturated rings. The average molecular weight is 345 g/mol. The van der Waals surface area contributed by atoms with Crippen LogP contribution in [0.4, 0.5) is 4.39 Å². The zero-order valence-corrected chi connectivity index (χ0v) is 13.4. The van der Waals surface area contributed by atoms with Crippen molar-refractivity contribution in [3.05, 3.63) is 30.1 Å². The predicted molar refractivity (Wildman–Crippen MR) is 82.3 cm³/mol. The molecule has 1 saturated heterocycles. The Bertz CT molecular complexity index is 628. The minimum absolute atomic E-state index is 0.123. The summed E-state index contributed by atoms with van der Waals surface area (Å²) in [6, 6.07) is 5.63. The number of hydrogen-bond acceptors (Lipinski definition) is 4. The maximum absolute atomic E-state index is 12.7. The number of amides is 1. The van der Waals surface area contributed by atoms with Crippen molar-refractivity contribution >= 4 is 16.1 Å². The van der Waals surface area contributed by atoms with Crippen molar-refractivity contribution in [3.63, 3.8) is 0 Å². The molecule has 0 spiro atoms. The number of piperidine rings is 1. The van der Waals surface area contributed by atoms with E-state index >= 15 is 0 Å². The number of halogens is 1. The molecule has 1 aromatic rings. The molecule has 0 aliphatic carbocycles. The van der Waals surface area contributed by atoms with Crippen LogP contribution < -0.4 is 15.2 Å². The molecule has 7 nitrogen and oxygen atoms in total. The highest BCUT2D eigenvalue weighted by atomic mass is 32.2. The lowest BCUT2D eigenvalue weighted by Gasteiger charge is -2.29. The van der Waals surface area contributed by atoms with Crippen molar-refractivity contribution in [2.75, 3.05) is 26.2 Å². The van der Waals surface area contributed by atoms with Crippen LogP contribution in [0.15, 0.2) is 24.3 Å². The number of rotatable bonds is 6. The maximum Gasteiger partial charge on any atom is 0.276 e. The molecular weight excluding hydrogens is 325 g/mol. The fraction of sp³-hybridized carbons (Fsp3) is 0.500. The van der Waals surface area contributed by atoms with Crippen molar-refractivity contribution in [3.8, 4) is 5.75 Å². The van der Waals surface area contributed by atoms with E-state index in [2.05, 4.69) is 5.32 Å². The Morgan fingerprint density at radius 1 is 1.30 bits per heavy atom. The van der Waals surface area contributed by atoms with Crippen LogP contribution in [0.2, 0.25) is 0 Å². The van der Waals surface area contributed by atoms with Gasteiger partial charge in [0.15, 0.2) is 0 Å². The van der Waals surface area contributed by atoms with Crippen LogP contribution in [0.5, 0.6) is 5.75 Å². The minimum atomic E-state index is -3.67. The van der Waals surface area contributed by atoms with E-state index in [1.807, 2.05) is 0 Å². The second kappa shape index (κ2) is 7.71. The molecule has 128 valence electrons. The summed E-state index contributed by atoms with van der Waals surface area (Å²) >= 11 is 0. The number of benzene rings is 1. The van der Waals surface area contributed by atoms with E-state index in [1.165, 1.54) is 28.6 Å². The van der Waals surface area contributed by atoms with Gasteiger partial charge in [-0.1, -0.05) is 0 Å². The third-order valence-electron chi connectivity index (χ3n) is 3.67. The summed E-state index contributed by atoms with van der Waals surface area (Å²) in [5.41, 5.74) is 0. The van der Waals surface area contributed by atoms with Crippen molar-refractivity contribution in [2.45, 2.75) is 12.8 Å². The number of carbonyl (C=O) groups excluding carboxylic acids is 1. The molecule has 2 rings (SSSR count). The third-order valence-corrected chi connectivity index (χ3v) is 4.75. The van der Waals surface area contributed by atoms with Gasteiger partial charge in [-0.05, 0) is 37.1 Å². The lowest BCUT2D eigenvalue weighted by molar-refractivity contribution is -0.126. The second-order valence-corrected chi connectivity index (χ2v) is 6.86. The van der Waals surface area contributed by atoms with Crippen molar-refractivity contribution in [2.24, 2.45) is 11.1 Å². The van der Waals surface area contributed by atoms with Crippen LogP contribution in [-0.2, 0) is 15.0 Å². The average Bonchev–Trinajstić information content (AvgIpc) is 2.52. The quantitative estimate of drug-likeness (QED) is 0.721. The normalized spacial score (nSPS) is 17.0. The second-order valence-electron chi connectivity index (χ2n) is 5.31. The van der Waals surface area contributed by atoms with E-state index in [4.69, 9.17) is 9.88 Å². The zero-order valence-electron chi connectivity index (χ0n) is 12.6. The highest BCUT2D eigenvalue weighted by Gasteiger charge is 2.28. The molecule has 9 heteroatoms. The van der Waals surface area contributed by atoms with Gasteiger partial charge in [-0.25, -0.2) is 9.53 Å². The Kier molecular flexibility index (Phi) is 5.91. The molecule has 3 N–H and O–H groups in total. The topological polar surface area (TPSA) is 102 Å². The van der Waals surface area contributed by atoms with Crippen LogP contribution >= 0.6 is 0 Å². The molecule has 1 amide bonds. The van der Waals surface area contributed by atoms with Gasteiger partial charge in [-0.3, -0.25) is 4.79 Å². The van der Waals surface area contributed by atoms with Gasteiger partial charge in [0.1, 0.15) is 18.2 Å². The summed E-state index contributed by atoms with van der Waals surface area (Å²) in [5, 5.41) is 7.80. The number of nitrogens with one attached hydrogen (secondary N) is 1. The smallest absolute Gasteiger partial charge is 0.276 e. The Labute approximate surface area is 134 Å². The molecule has 0 bridgehead atoms. The number of nitrogens with two attached hydrogens (primary N) is 1. The summed E-state index contributed by atoms with van der Waals surface area (Å²) in [7, 11) is -3.67. The monoisotopic (exact) mass is 345 g/mol. The molecule has 0 atom stereocenters. The van der Waals surface area contributed by atoms with Crippen molar-refractivity contribution in [1.29, 1.82) is 0 Å². The number of hydrogen-bond donors (Lipinski definition) is 2. The first-order valence-electron chi connectivity index (χ1n) is 7.30. The highest BCUT2D eigenvalue weighted by molar-refractivity contribution is 7.86. The number of nitrogens with zero attached hydrogens (tertiary/aromatic N) is 1. The maximum atomic E-state index is 12.7. The SMILES string of the molecule is NS(=O)(=O)N1CCC(C(=O)NCCOc2ccc(F)cc2)CC1. The fourth-order valence-electron chi connectivity index (χ4n) is 2.39. The Morgan fingerprint density at radius 3 is 2.48 bits per heavy atom. The summed E-state index contributed by atoms with van der Waals surface area (Å²) in [6.45, 7) is 1.10. The lowest BCUT2D eigenvalue weighted by Crippen LogP contribution is -2.45. The predicted octanol–water partition coefficient (Wildman–Crippen LogP) is 0.236. The van der Waals surface area contributed by atoms with Crippen molar-refractivity contribution < 1.29 is 22.3 Å². The molecule has 0 aromatic heterocycles. The van der Waals surface area contributed by atoms with Crippen molar-refractivity contribution in [1.82, 2.24) is 9.62 Å². The lowest BCUT2D eigenvalue weighted by atomic mass is 9.97. The van der Waals surface area contributed by atoms with Crippen LogP contribution in [0.3, 0.4) is 0 Å². The van der Waals surface area contributed by atoms with E-state index < -0.39 is 10.2 Å². The Balaban J connectivity index is 1.67. The third kappa shape index (κ3) is 5.45. The zero-order chi connectivity index (χ0) is 16.9. The molecule has 23 heavy (non-hydrogen) atoms. The molecule has 1 heterocycles. The summed E-state index contributed by atoms with van der Waals surface area (Å²) in [4.78, 5) is 12.0. The Morgan fingerprint density at radius 2 is 1.91 bits per heavy atom. The molecule has 0 saturated carbocycles. The minimum Gasteiger partial charge on any atom is -0.492 e. The van der Waals surface area contributed by atoms with Gasteiger partial charge in [0.05, 0.1) is 6.54 Å². The molecule has 0 radical (unpaired) electrons. The van der Waals surface area contributed by atoms with E-state index in [0.29, 0.717) is 25.1 Å². The van der Waals surface area contributed by atoms with E-state index in [-0.39, 0.29) is 37.3 Å². The van der Waals surface area contributed by atoms with Crippen LogP contribution in [-0.4, -0.2) is 44.9 Å². The van der Waals surface area contributed by atoms with Gasteiger partial charge in [-0.2, -0.15) is 12.7 Å². The number of carbonyl (C=O) groups is 1.